The molecular weight excluding hydrogens is 259 g/mol. The maximum atomic E-state index is 11.3. The summed E-state index contributed by atoms with van der Waals surface area (Å²) in [5.41, 5.74) is 4.71. The second-order valence-corrected chi connectivity index (χ2v) is 3.46. The first kappa shape index (κ1) is 15.2. The molecule has 1 aromatic rings. The van der Waals surface area contributed by atoms with E-state index in [1.165, 1.54) is 12.1 Å². The number of phenolic OH excluding ortho intramolecular Hbond substituents is 1. The van der Waals surface area contributed by atoms with Crippen LogP contribution < -0.4 is 62.2 Å². The summed E-state index contributed by atoms with van der Waals surface area (Å²) in [5, 5.41) is 9.30. The minimum absolute atomic E-state index is 0. The summed E-state index contributed by atoms with van der Waals surface area (Å²) in [4.78, 5) is 11.3. The van der Waals surface area contributed by atoms with Crippen molar-refractivity contribution < 1.29 is 61.3 Å². The number of benzene rings is 1. The maximum Gasteiger partial charge on any atom is 1.00 e. The molecule has 3 N–H and O–H groups in total. The number of nitrogens with one attached hydrogen (secondary N) is 2. The number of hydrogen-bond donors (Lipinski definition) is 3. The standard InChI is InChI=1S/C8H8N2O2S2.K/c11-6-4-2-1-3-5(6)7(12)9-10-8(13)14;/h1-4,11H,(H,9,12)(H2,10,13,14);/q;+1/p-1. The molecule has 0 fully saturated rings. The van der Waals surface area contributed by atoms with Crippen molar-refractivity contribution in [2.75, 3.05) is 0 Å². The Labute approximate surface area is 141 Å². The predicted molar refractivity (Wildman–Crippen MR) is 58.7 cm³/mol. The molecule has 0 bridgehead atoms. The van der Waals surface area contributed by atoms with E-state index in [-0.39, 0.29) is 67.0 Å². The molecule has 0 aliphatic heterocycles. The van der Waals surface area contributed by atoms with Crippen LogP contribution in [0, 0.1) is 0 Å². The van der Waals surface area contributed by atoms with E-state index < -0.39 is 5.91 Å². The predicted octanol–water partition coefficient (Wildman–Crippen LogP) is -2.54. The van der Waals surface area contributed by atoms with Gasteiger partial charge in [-0.3, -0.25) is 10.2 Å². The normalized spacial score (nSPS) is 8.53. The second-order valence-electron chi connectivity index (χ2n) is 2.38. The average molecular weight is 266 g/mol. The van der Waals surface area contributed by atoms with E-state index in [0.717, 1.165) is 0 Å². The van der Waals surface area contributed by atoms with Crippen LogP contribution in [0.5, 0.6) is 5.75 Å². The molecule has 0 radical (unpaired) electrons. The molecule has 15 heavy (non-hydrogen) atoms. The molecule has 0 aromatic heterocycles. The SMILES string of the molecule is O=C(NNC(=S)[S-])c1ccccc1O.[K+]. The summed E-state index contributed by atoms with van der Waals surface area (Å²) < 4.78 is 0.0359. The molecule has 0 saturated carbocycles. The van der Waals surface area contributed by atoms with Crippen LogP contribution in [0.15, 0.2) is 24.3 Å². The van der Waals surface area contributed by atoms with Gasteiger partial charge in [-0.25, -0.2) is 0 Å². The number of carbonyl (C=O) groups excluding carboxylic acids is 1. The zero-order valence-corrected chi connectivity index (χ0v) is 12.7. The molecule has 0 heterocycles. The van der Waals surface area contributed by atoms with Crippen LogP contribution in [-0.2, 0) is 12.6 Å². The van der Waals surface area contributed by atoms with Crippen LogP contribution >= 0.6 is 12.2 Å². The molecule has 0 unspecified atom stereocenters. The molecule has 0 spiro atoms. The Morgan fingerprint density at radius 1 is 1.33 bits per heavy atom. The van der Waals surface area contributed by atoms with Gasteiger partial charge in [0.05, 0.1) is 5.56 Å². The van der Waals surface area contributed by atoms with Crippen molar-refractivity contribution in [1.82, 2.24) is 10.9 Å². The number of rotatable bonds is 1. The van der Waals surface area contributed by atoms with Crippen LogP contribution in [-0.4, -0.2) is 15.3 Å². The van der Waals surface area contributed by atoms with Gasteiger partial charge >= 0.3 is 51.4 Å². The molecule has 1 rings (SSSR count). The van der Waals surface area contributed by atoms with E-state index >= 15 is 0 Å². The zero-order valence-electron chi connectivity index (χ0n) is 7.98. The van der Waals surface area contributed by atoms with Crippen LogP contribution in [0.3, 0.4) is 0 Å². The molecule has 0 aliphatic rings. The Kier molecular flexibility index (Phi) is 7.62. The second kappa shape index (κ2) is 7.50. The molecule has 7 heteroatoms. The molecule has 0 saturated heterocycles. The monoisotopic (exact) mass is 266 g/mol. The first-order valence-electron chi connectivity index (χ1n) is 3.66. The third-order valence-corrected chi connectivity index (χ3v) is 1.63. The fourth-order valence-corrected chi connectivity index (χ4v) is 0.943. The van der Waals surface area contributed by atoms with Gasteiger partial charge in [-0.1, -0.05) is 12.1 Å². The molecule has 1 aromatic carbocycles. The van der Waals surface area contributed by atoms with Crippen molar-refractivity contribution in [2.24, 2.45) is 0 Å². The van der Waals surface area contributed by atoms with E-state index in [2.05, 4.69) is 35.7 Å². The number of amides is 1. The van der Waals surface area contributed by atoms with Crippen molar-refractivity contribution in [2.45, 2.75) is 0 Å². The number of thiocarbonyl (C=S) groups is 1. The van der Waals surface area contributed by atoms with Gasteiger partial charge in [-0.15, -0.1) is 0 Å². The van der Waals surface area contributed by atoms with Gasteiger partial charge in [0, 0.05) is 0 Å². The number of carbonyl (C=O) groups is 1. The van der Waals surface area contributed by atoms with Crippen LogP contribution in [0.1, 0.15) is 10.4 Å². The van der Waals surface area contributed by atoms with Crippen molar-refractivity contribution in [1.29, 1.82) is 0 Å². The third-order valence-electron chi connectivity index (χ3n) is 1.43. The maximum absolute atomic E-state index is 11.3. The van der Waals surface area contributed by atoms with E-state index in [1.807, 2.05) is 0 Å². The topological polar surface area (TPSA) is 61.4 Å². The largest absolute Gasteiger partial charge is 1.00 e. The average Bonchev–Trinajstić information content (AvgIpc) is 2.15. The minimum atomic E-state index is -0.490. The van der Waals surface area contributed by atoms with E-state index in [9.17, 15) is 9.90 Å². The quantitative estimate of drug-likeness (QED) is 0.226. The summed E-state index contributed by atoms with van der Waals surface area (Å²) >= 11 is 9.05. The fraction of sp³-hybridized carbons (Fsp3) is 0. The smallest absolute Gasteiger partial charge is 0.507 e. The summed E-state index contributed by atoms with van der Waals surface area (Å²) in [5.74, 6) is -0.586. The Hall–Kier alpha value is 0.236. The van der Waals surface area contributed by atoms with Gasteiger partial charge in [-0.2, -0.15) is 0 Å². The van der Waals surface area contributed by atoms with Gasteiger partial charge in [0.15, 0.2) is 0 Å². The molecule has 0 atom stereocenters. The van der Waals surface area contributed by atoms with Crippen molar-refractivity contribution in [3.8, 4) is 5.75 Å². The van der Waals surface area contributed by atoms with Crippen molar-refractivity contribution in [3.05, 3.63) is 29.8 Å². The molecular formula is C8H7KN2O2S2. The van der Waals surface area contributed by atoms with Gasteiger partial charge in [0.2, 0.25) is 0 Å². The summed E-state index contributed by atoms with van der Waals surface area (Å²) in [6, 6.07) is 6.16. The van der Waals surface area contributed by atoms with Gasteiger partial charge in [0.25, 0.3) is 5.91 Å². The van der Waals surface area contributed by atoms with Crippen molar-refractivity contribution >= 4 is 35.1 Å². The molecule has 74 valence electrons. The van der Waals surface area contributed by atoms with Gasteiger partial charge in [0.1, 0.15) is 5.75 Å². The third kappa shape index (κ3) is 5.21. The van der Waals surface area contributed by atoms with E-state index in [1.54, 1.807) is 12.1 Å². The van der Waals surface area contributed by atoms with Crippen LogP contribution in [0.25, 0.3) is 0 Å². The van der Waals surface area contributed by atoms with Crippen LogP contribution in [0.2, 0.25) is 0 Å². The fourth-order valence-electron chi connectivity index (χ4n) is 0.841. The van der Waals surface area contributed by atoms with E-state index in [0.29, 0.717) is 0 Å². The number of phenols is 1. The first-order valence-corrected chi connectivity index (χ1v) is 4.48. The molecule has 0 aliphatic carbocycles. The Morgan fingerprint density at radius 2 is 1.93 bits per heavy atom. The number of aromatic hydroxyl groups is 1. The van der Waals surface area contributed by atoms with Gasteiger partial charge in [-0.05, 0) is 16.5 Å². The number of hydrazine groups is 1. The van der Waals surface area contributed by atoms with E-state index in [4.69, 9.17) is 0 Å². The van der Waals surface area contributed by atoms with Gasteiger partial charge < -0.3 is 35.4 Å². The summed E-state index contributed by atoms with van der Waals surface area (Å²) in [6.45, 7) is 0. The Bertz CT molecular complexity index is 373. The molecule has 1 amide bonds. The van der Waals surface area contributed by atoms with Crippen LogP contribution in [0.4, 0.5) is 0 Å². The Morgan fingerprint density at radius 3 is 2.47 bits per heavy atom. The van der Waals surface area contributed by atoms with Crippen molar-refractivity contribution in [3.63, 3.8) is 0 Å². The summed E-state index contributed by atoms with van der Waals surface area (Å²) in [6.07, 6.45) is 0. The number of hydrogen-bond acceptors (Lipinski definition) is 4. The Balaban J connectivity index is 0.00000196. The first-order chi connectivity index (χ1) is 6.61. The zero-order chi connectivity index (χ0) is 10.6. The summed E-state index contributed by atoms with van der Waals surface area (Å²) in [7, 11) is 0. The number of para-hydroxylation sites is 1. The molecule has 4 nitrogen and oxygen atoms in total. The minimum Gasteiger partial charge on any atom is -0.507 e.